The predicted molar refractivity (Wildman–Crippen MR) is 34.5 cm³/mol. The molecule has 0 aromatic heterocycles. The lowest BCUT2D eigenvalue weighted by molar-refractivity contribution is 0.256. The predicted octanol–water partition coefficient (Wildman–Crippen LogP) is -1.32. The van der Waals surface area contributed by atoms with Gasteiger partial charge in [0.05, 0.1) is 0 Å². The minimum Gasteiger partial charge on any atom is -0.352 e. The molecule has 0 aromatic rings. The van der Waals surface area contributed by atoms with Crippen molar-refractivity contribution in [2.45, 2.75) is 0 Å². The molecule has 0 radical (unpaired) electrons. The van der Waals surface area contributed by atoms with Gasteiger partial charge in [-0.25, -0.2) is 13.2 Å². The number of hydrogen-bond acceptors (Lipinski definition) is 3. The smallest absolute Gasteiger partial charge is 0.309 e. The number of primary amides is 2. The van der Waals surface area contributed by atoms with Crippen LogP contribution in [0.4, 0.5) is 4.79 Å². The second-order valence-electron chi connectivity index (χ2n) is 1.55. The third-order valence-corrected chi connectivity index (χ3v) is 0. The zero-order valence-corrected chi connectivity index (χ0v) is 6.10. The lowest BCUT2D eigenvalue weighted by atomic mass is 11.2. The van der Waals surface area contributed by atoms with Gasteiger partial charge in [-0.1, -0.05) is 0 Å². The number of sulfone groups is 1. The number of carbonyl (C=O) groups is 1. The molecule has 0 aliphatic carbocycles. The maximum absolute atomic E-state index is 9.63. The van der Waals surface area contributed by atoms with Gasteiger partial charge in [0.15, 0.2) is 0 Å². The summed E-state index contributed by atoms with van der Waals surface area (Å²) in [6, 6.07) is -0.833. The summed E-state index contributed by atoms with van der Waals surface area (Å²) in [5, 5.41) is 0. The van der Waals surface area contributed by atoms with Crippen molar-refractivity contribution in [3.05, 3.63) is 0 Å². The first-order chi connectivity index (χ1) is 3.73. The molecule has 0 saturated carbocycles. The molecule has 0 bridgehead atoms. The SMILES string of the molecule is CS(C)(=O)=O.NC(N)=O. The third-order valence-electron chi connectivity index (χ3n) is 0. The number of hydrogen-bond donors (Lipinski definition) is 2. The topological polar surface area (TPSA) is 103 Å². The van der Waals surface area contributed by atoms with Gasteiger partial charge in [-0.3, -0.25) is 0 Å². The van der Waals surface area contributed by atoms with Crippen LogP contribution in [0, 0.1) is 0 Å². The van der Waals surface area contributed by atoms with E-state index in [1.807, 2.05) is 0 Å². The number of amides is 2. The summed E-state index contributed by atoms with van der Waals surface area (Å²) in [5.41, 5.74) is 8.50. The Hall–Kier alpha value is -0.780. The van der Waals surface area contributed by atoms with Crippen molar-refractivity contribution >= 4 is 15.9 Å². The average Bonchev–Trinajstić information content (AvgIpc) is 1.19. The van der Waals surface area contributed by atoms with Crippen LogP contribution in [0.5, 0.6) is 0 Å². The summed E-state index contributed by atoms with van der Waals surface area (Å²) >= 11 is 0. The van der Waals surface area contributed by atoms with Gasteiger partial charge in [0.2, 0.25) is 0 Å². The Morgan fingerprint density at radius 2 is 1.22 bits per heavy atom. The van der Waals surface area contributed by atoms with Gasteiger partial charge < -0.3 is 11.5 Å². The van der Waals surface area contributed by atoms with Crippen LogP contribution in [-0.4, -0.2) is 27.0 Å². The van der Waals surface area contributed by atoms with E-state index >= 15 is 0 Å². The number of nitrogens with two attached hydrogens (primary N) is 2. The van der Waals surface area contributed by atoms with E-state index in [4.69, 9.17) is 4.79 Å². The van der Waals surface area contributed by atoms with Gasteiger partial charge in [-0.15, -0.1) is 0 Å². The molecule has 0 heterocycles. The highest BCUT2D eigenvalue weighted by Gasteiger charge is 1.79. The first-order valence-corrected chi connectivity index (χ1v) is 4.23. The van der Waals surface area contributed by atoms with Crippen molar-refractivity contribution in [1.82, 2.24) is 0 Å². The van der Waals surface area contributed by atoms with Gasteiger partial charge >= 0.3 is 6.03 Å². The van der Waals surface area contributed by atoms with E-state index < -0.39 is 15.9 Å². The molecule has 0 fully saturated rings. The average molecular weight is 154 g/mol. The maximum atomic E-state index is 9.63. The molecule has 6 heteroatoms. The molecule has 2 amide bonds. The standard InChI is InChI=1S/C2H6O2S.CH4N2O/c1-5(2,3)4;2-1(3)4/h1-2H3;(H4,2,3,4). The second-order valence-corrected chi connectivity index (χ2v) is 3.83. The first kappa shape index (κ1) is 11.1. The molecule has 0 atom stereocenters. The van der Waals surface area contributed by atoms with E-state index in [1.54, 1.807) is 0 Å². The summed E-state index contributed by atoms with van der Waals surface area (Å²) in [6.45, 7) is 0. The molecule has 0 unspecified atom stereocenters. The molecular weight excluding hydrogens is 144 g/mol. The van der Waals surface area contributed by atoms with Crippen LogP contribution in [-0.2, 0) is 9.84 Å². The maximum Gasteiger partial charge on any atom is 0.309 e. The highest BCUT2D eigenvalue weighted by Crippen LogP contribution is 1.61. The zero-order chi connectivity index (χ0) is 8.08. The van der Waals surface area contributed by atoms with Gasteiger partial charge in [-0.05, 0) is 0 Å². The largest absolute Gasteiger partial charge is 0.352 e. The molecular formula is C3H10N2O3S. The van der Waals surface area contributed by atoms with Gasteiger partial charge in [0.1, 0.15) is 9.84 Å². The number of rotatable bonds is 0. The van der Waals surface area contributed by atoms with Crippen molar-refractivity contribution in [3.8, 4) is 0 Å². The van der Waals surface area contributed by atoms with Gasteiger partial charge in [0.25, 0.3) is 0 Å². The highest BCUT2D eigenvalue weighted by molar-refractivity contribution is 7.89. The quantitative estimate of drug-likeness (QED) is 0.452. The Labute approximate surface area is 53.9 Å². The summed E-state index contributed by atoms with van der Waals surface area (Å²) in [5.74, 6) is 0. The monoisotopic (exact) mass is 154 g/mol. The molecule has 9 heavy (non-hydrogen) atoms. The van der Waals surface area contributed by atoms with E-state index in [-0.39, 0.29) is 0 Å². The fourth-order valence-electron chi connectivity index (χ4n) is 0. The minimum atomic E-state index is -2.67. The molecule has 0 saturated heterocycles. The van der Waals surface area contributed by atoms with Crippen LogP contribution in [0.1, 0.15) is 0 Å². The Bertz CT molecular complexity index is 159. The fraction of sp³-hybridized carbons (Fsp3) is 0.667. The van der Waals surface area contributed by atoms with Crippen molar-refractivity contribution in [2.24, 2.45) is 11.5 Å². The van der Waals surface area contributed by atoms with Crippen molar-refractivity contribution < 1.29 is 13.2 Å². The van der Waals surface area contributed by atoms with Crippen LogP contribution in [0.2, 0.25) is 0 Å². The van der Waals surface area contributed by atoms with E-state index in [0.717, 1.165) is 12.5 Å². The molecule has 0 aliphatic heterocycles. The van der Waals surface area contributed by atoms with Crippen LogP contribution >= 0.6 is 0 Å². The Morgan fingerprint density at radius 1 is 1.22 bits per heavy atom. The second kappa shape index (κ2) is 4.13. The zero-order valence-electron chi connectivity index (χ0n) is 5.29. The molecule has 56 valence electrons. The minimum absolute atomic E-state index is 0.833. The molecule has 5 nitrogen and oxygen atoms in total. The summed E-state index contributed by atoms with van der Waals surface area (Å²) in [6.07, 6.45) is 2.32. The molecule has 0 aromatic carbocycles. The lowest BCUT2D eigenvalue weighted by Gasteiger charge is -1.69. The lowest BCUT2D eigenvalue weighted by Crippen LogP contribution is -2.18. The van der Waals surface area contributed by atoms with Crippen molar-refractivity contribution in [3.63, 3.8) is 0 Å². The van der Waals surface area contributed by atoms with Crippen molar-refractivity contribution in [1.29, 1.82) is 0 Å². The van der Waals surface area contributed by atoms with Gasteiger partial charge in [-0.2, -0.15) is 0 Å². The van der Waals surface area contributed by atoms with Crippen LogP contribution in [0.15, 0.2) is 0 Å². The Morgan fingerprint density at radius 3 is 1.22 bits per heavy atom. The van der Waals surface area contributed by atoms with E-state index in [9.17, 15) is 8.42 Å². The summed E-state index contributed by atoms with van der Waals surface area (Å²) in [7, 11) is -2.67. The Kier molecular flexibility index (Phi) is 5.09. The van der Waals surface area contributed by atoms with E-state index in [2.05, 4.69) is 11.5 Å². The molecule has 0 aliphatic rings. The molecule has 0 spiro atoms. The first-order valence-electron chi connectivity index (χ1n) is 1.93. The number of urea groups is 1. The molecule has 0 rings (SSSR count). The van der Waals surface area contributed by atoms with Gasteiger partial charge in [0, 0.05) is 12.5 Å². The number of carbonyl (C=O) groups excluding carboxylic acids is 1. The highest BCUT2D eigenvalue weighted by atomic mass is 32.2. The normalized spacial score (nSPS) is 9.11. The fourth-order valence-corrected chi connectivity index (χ4v) is 0. The van der Waals surface area contributed by atoms with Crippen LogP contribution in [0.25, 0.3) is 0 Å². The molecule has 4 N–H and O–H groups in total. The van der Waals surface area contributed by atoms with Crippen LogP contribution in [0.3, 0.4) is 0 Å². The van der Waals surface area contributed by atoms with E-state index in [0.29, 0.717) is 0 Å². The third kappa shape index (κ3) is 323. The van der Waals surface area contributed by atoms with E-state index in [1.165, 1.54) is 0 Å². The van der Waals surface area contributed by atoms with Crippen LogP contribution < -0.4 is 11.5 Å². The summed E-state index contributed by atoms with van der Waals surface area (Å²) < 4.78 is 19.3. The Balaban J connectivity index is 0. The summed E-state index contributed by atoms with van der Waals surface area (Å²) in [4.78, 5) is 9.00. The van der Waals surface area contributed by atoms with Crippen molar-refractivity contribution in [2.75, 3.05) is 12.5 Å².